The lowest BCUT2D eigenvalue weighted by molar-refractivity contribution is 0.745. The van der Waals surface area contributed by atoms with Crippen LogP contribution in [0.4, 0.5) is 11.4 Å². The molecule has 2 aliphatic rings. The highest BCUT2D eigenvalue weighted by Crippen LogP contribution is 2.50. The van der Waals surface area contributed by atoms with Crippen LogP contribution < -0.4 is 4.90 Å². The zero-order valence-corrected chi connectivity index (χ0v) is 31.3. The number of rotatable bonds is 5. The van der Waals surface area contributed by atoms with Gasteiger partial charge in [-0.3, -0.25) is 4.57 Å². The SMILES string of the molecule is C1=CC2c3cc4c5ccccc5n(-c5cccc(-c6nc(-c7ccc8ccccc8c7)nc(-c7ccc8ccccc8c7)n6)n5)c4cc3N(c3ccccc3)C2C=C1. The Balaban J connectivity index is 1.05. The summed E-state index contributed by atoms with van der Waals surface area (Å²) in [6, 6.07) is 60.0. The van der Waals surface area contributed by atoms with Gasteiger partial charge < -0.3 is 4.90 Å². The zero-order chi connectivity index (χ0) is 38.2. The van der Waals surface area contributed by atoms with Gasteiger partial charge in [-0.15, -0.1) is 0 Å². The summed E-state index contributed by atoms with van der Waals surface area (Å²) in [7, 11) is 0. The first kappa shape index (κ1) is 32.5. The van der Waals surface area contributed by atoms with Crippen LogP contribution in [0.25, 0.3) is 83.5 Å². The first-order valence-electron chi connectivity index (χ1n) is 19.7. The van der Waals surface area contributed by atoms with E-state index >= 15 is 0 Å². The minimum absolute atomic E-state index is 0.201. The molecule has 1 aliphatic carbocycles. The number of pyridine rings is 1. The third-order valence-corrected chi connectivity index (χ3v) is 11.7. The van der Waals surface area contributed by atoms with Crippen LogP contribution in [0.2, 0.25) is 0 Å². The molecule has 2 atom stereocenters. The van der Waals surface area contributed by atoms with Gasteiger partial charge in [-0.1, -0.05) is 140 Å². The lowest BCUT2D eigenvalue weighted by Crippen LogP contribution is -2.28. The second-order valence-electron chi connectivity index (χ2n) is 15.1. The number of aromatic nitrogens is 5. The lowest BCUT2D eigenvalue weighted by Gasteiger charge is -2.28. The van der Waals surface area contributed by atoms with Crippen molar-refractivity contribution in [3.8, 4) is 40.1 Å². The average Bonchev–Trinajstić information content (AvgIpc) is 3.80. The molecule has 2 unspecified atom stereocenters. The van der Waals surface area contributed by atoms with E-state index in [1.165, 1.54) is 38.5 Å². The van der Waals surface area contributed by atoms with Gasteiger partial charge in [-0.2, -0.15) is 0 Å². The molecular weight excluding hydrogens is 709 g/mol. The molecular formula is C52H34N6. The van der Waals surface area contributed by atoms with Crippen LogP contribution in [0.5, 0.6) is 0 Å². The molecule has 4 heterocycles. The van der Waals surface area contributed by atoms with E-state index in [0.717, 1.165) is 38.8 Å². The fourth-order valence-corrected chi connectivity index (χ4v) is 9.01. The Kier molecular flexibility index (Phi) is 7.25. The third kappa shape index (κ3) is 5.19. The van der Waals surface area contributed by atoms with Gasteiger partial charge in [0.25, 0.3) is 0 Å². The molecule has 0 saturated carbocycles. The van der Waals surface area contributed by atoms with Crippen LogP contribution in [0.15, 0.2) is 194 Å². The highest BCUT2D eigenvalue weighted by molar-refractivity contribution is 6.11. The van der Waals surface area contributed by atoms with Gasteiger partial charge in [0.1, 0.15) is 11.5 Å². The van der Waals surface area contributed by atoms with E-state index in [4.69, 9.17) is 19.9 Å². The van der Waals surface area contributed by atoms with E-state index < -0.39 is 0 Å². The van der Waals surface area contributed by atoms with Gasteiger partial charge in [0.05, 0.1) is 17.1 Å². The van der Waals surface area contributed by atoms with E-state index in [1.807, 2.05) is 6.07 Å². The molecule has 3 aromatic heterocycles. The van der Waals surface area contributed by atoms with Gasteiger partial charge in [-0.05, 0) is 81.7 Å². The maximum atomic E-state index is 5.37. The molecule has 6 nitrogen and oxygen atoms in total. The van der Waals surface area contributed by atoms with Crippen molar-refractivity contribution in [2.24, 2.45) is 0 Å². The summed E-state index contributed by atoms with van der Waals surface area (Å²) in [4.78, 5) is 23.2. The van der Waals surface area contributed by atoms with Crippen molar-refractivity contribution in [2.45, 2.75) is 12.0 Å². The summed E-state index contributed by atoms with van der Waals surface area (Å²) in [6.07, 6.45) is 9.02. The fraction of sp³-hybridized carbons (Fsp3) is 0.0385. The number of benzene rings is 7. The van der Waals surface area contributed by atoms with E-state index in [9.17, 15) is 0 Å². The minimum atomic E-state index is 0.201. The van der Waals surface area contributed by atoms with Gasteiger partial charge >= 0.3 is 0 Å². The van der Waals surface area contributed by atoms with Crippen molar-refractivity contribution in [1.82, 2.24) is 24.5 Å². The number of anilines is 2. The van der Waals surface area contributed by atoms with Crippen LogP contribution in [0.3, 0.4) is 0 Å². The first-order valence-corrected chi connectivity index (χ1v) is 19.7. The number of hydrogen-bond acceptors (Lipinski definition) is 5. The largest absolute Gasteiger partial charge is 0.333 e. The van der Waals surface area contributed by atoms with E-state index in [0.29, 0.717) is 23.2 Å². The molecule has 0 amide bonds. The maximum Gasteiger partial charge on any atom is 0.182 e. The van der Waals surface area contributed by atoms with Crippen molar-refractivity contribution in [3.63, 3.8) is 0 Å². The van der Waals surface area contributed by atoms with Crippen molar-refractivity contribution in [2.75, 3.05) is 4.90 Å². The second kappa shape index (κ2) is 12.9. The predicted octanol–water partition coefficient (Wildman–Crippen LogP) is 12.4. The Hall–Kier alpha value is -7.70. The number of nitrogens with zero attached hydrogens (tertiary/aromatic N) is 6. The molecule has 0 bridgehead atoms. The summed E-state index contributed by atoms with van der Waals surface area (Å²) < 4.78 is 2.29. The monoisotopic (exact) mass is 742 g/mol. The molecule has 10 aromatic rings. The Morgan fingerprint density at radius 3 is 1.81 bits per heavy atom. The Morgan fingerprint density at radius 1 is 0.431 bits per heavy atom. The summed E-state index contributed by atoms with van der Waals surface area (Å²) in [6.45, 7) is 0. The molecule has 0 saturated heterocycles. The Labute approximate surface area is 334 Å². The van der Waals surface area contributed by atoms with Crippen LogP contribution in [-0.4, -0.2) is 30.5 Å². The van der Waals surface area contributed by atoms with Gasteiger partial charge in [-0.25, -0.2) is 19.9 Å². The second-order valence-corrected chi connectivity index (χ2v) is 15.1. The smallest absolute Gasteiger partial charge is 0.182 e. The summed E-state index contributed by atoms with van der Waals surface area (Å²) in [5.41, 5.74) is 8.43. The number of fused-ring (bicyclic) bond motifs is 8. The maximum absolute atomic E-state index is 5.37. The first-order chi connectivity index (χ1) is 28.7. The topological polar surface area (TPSA) is 59.7 Å². The van der Waals surface area contributed by atoms with Gasteiger partial charge in [0.15, 0.2) is 17.5 Å². The molecule has 272 valence electrons. The molecule has 0 N–H and O–H groups in total. The molecule has 1 aliphatic heterocycles. The normalized spacial score (nSPS) is 15.8. The standard InChI is InChI=1S/C52H34N6/c1-2-17-39(18-3-1)57-45-22-10-8-19-40(45)42-31-43-41-20-9-11-23-46(41)58(48(43)32-47(42)57)49-24-12-21-44(53-49)52-55-50(37-27-25-33-13-4-6-15-35(33)29-37)54-51(56-52)38-28-26-34-14-5-7-16-36(34)30-38/h1-32,40,45H. The van der Waals surface area contributed by atoms with E-state index in [2.05, 4.69) is 198 Å². The molecule has 58 heavy (non-hydrogen) atoms. The van der Waals surface area contributed by atoms with Crippen molar-refractivity contribution < 1.29 is 0 Å². The van der Waals surface area contributed by atoms with Crippen molar-refractivity contribution in [3.05, 3.63) is 200 Å². The number of allylic oxidation sites excluding steroid dienone is 2. The summed E-state index contributed by atoms with van der Waals surface area (Å²) in [5.74, 6) is 2.77. The molecule has 0 spiro atoms. The molecule has 7 aromatic carbocycles. The molecule has 0 fully saturated rings. The summed E-state index contributed by atoms with van der Waals surface area (Å²) in [5, 5.41) is 6.99. The van der Waals surface area contributed by atoms with Crippen molar-refractivity contribution >= 4 is 54.7 Å². The van der Waals surface area contributed by atoms with Crippen LogP contribution in [0, 0.1) is 0 Å². The van der Waals surface area contributed by atoms with Gasteiger partial charge in [0, 0.05) is 39.2 Å². The molecule has 6 heteroatoms. The highest BCUT2D eigenvalue weighted by atomic mass is 15.2. The van der Waals surface area contributed by atoms with Crippen LogP contribution in [-0.2, 0) is 0 Å². The number of para-hydroxylation sites is 2. The predicted molar refractivity (Wildman–Crippen MR) is 237 cm³/mol. The fourth-order valence-electron chi connectivity index (χ4n) is 9.01. The van der Waals surface area contributed by atoms with E-state index in [-0.39, 0.29) is 12.0 Å². The van der Waals surface area contributed by atoms with Crippen LogP contribution >= 0.6 is 0 Å². The summed E-state index contributed by atoms with van der Waals surface area (Å²) >= 11 is 0. The lowest BCUT2D eigenvalue weighted by atomic mass is 9.90. The number of hydrogen-bond donors (Lipinski definition) is 0. The molecule has 0 radical (unpaired) electrons. The quantitative estimate of drug-likeness (QED) is 0.176. The third-order valence-electron chi connectivity index (χ3n) is 11.7. The minimum Gasteiger partial charge on any atom is -0.333 e. The zero-order valence-electron chi connectivity index (χ0n) is 31.3. The van der Waals surface area contributed by atoms with Gasteiger partial charge in [0.2, 0.25) is 0 Å². The average molecular weight is 743 g/mol. The van der Waals surface area contributed by atoms with Crippen LogP contribution in [0.1, 0.15) is 11.5 Å². The van der Waals surface area contributed by atoms with Crippen molar-refractivity contribution in [1.29, 1.82) is 0 Å². The highest BCUT2D eigenvalue weighted by Gasteiger charge is 2.38. The Bertz CT molecular complexity index is 3230. The molecule has 12 rings (SSSR count). The Morgan fingerprint density at radius 2 is 1.07 bits per heavy atom. The van der Waals surface area contributed by atoms with E-state index in [1.54, 1.807) is 0 Å².